The van der Waals surface area contributed by atoms with Crippen molar-refractivity contribution >= 4 is 11.9 Å². The molecule has 162 valence electrons. The molecule has 0 spiro atoms. The summed E-state index contributed by atoms with van der Waals surface area (Å²) in [5, 5.41) is 9.53. The minimum absolute atomic E-state index is 0.0608. The van der Waals surface area contributed by atoms with Crippen LogP contribution in [0.5, 0.6) is 0 Å². The summed E-state index contributed by atoms with van der Waals surface area (Å²) in [5.74, 6) is 0.838. The third-order valence-electron chi connectivity index (χ3n) is 7.68. The molecule has 2 aliphatic rings. The normalized spacial score (nSPS) is 30.8. The van der Waals surface area contributed by atoms with Gasteiger partial charge in [-0.3, -0.25) is 9.59 Å². The Balaban J connectivity index is 2.06. The standard InChI is InChI=1S/C24H42O4/c1-15(2)17(5)14-22(19-12-10-18(11-13-19)16(3)4)28-24(27)21-9-7-6-8-20(21)23(25)26/h15-22H,6-14H2,1-5H3,(H,25,26). The maximum absolute atomic E-state index is 13.0. The lowest BCUT2D eigenvalue weighted by atomic mass is 9.73. The van der Waals surface area contributed by atoms with E-state index >= 15 is 0 Å². The van der Waals surface area contributed by atoms with Crippen LogP contribution in [-0.2, 0) is 14.3 Å². The quantitative estimate of drug-likeness (QED) is 0.518. The van der Waals surface area contributed by atoms with E-state index in [1.54, 1.807) is 0 Å². The minimum Gasteiger partial charge on any atom is -0.481 e. The molecule has 0 aromatic heterocycles. The van der Waals surface area contributed by atoms with Gasteiger partial charge in [-0.15, -0.1) is 0 Å². The zero-order valence-electron chi connectivity index (χ0n) is 18.7. The average molecular weight is 395 g/mol. The van der Waals surface area contributed by atoms with E-state index in [1.807, 2.05) is 0 Å². The number of aliphatic carboxylic acids is 1. The van der Waals surface area contributed by atoms with Gasteiger partial charge in [0.1, 0.15) is 6.10 Å². The second kappa shape index (κ2) is 10.6. The lowest BCUT2D eigenvalue weighted by Gasteiger charge is -2.37. The molecule has 0 aromatic rings. The molecule has 0 heterocycles. The Labute approximate surface area is 171 Å². The third-order valence-corrected chi connectivity index (χ3v) is 7.68. The smallest absolute Gasteiger partial charge is 0.310 e. The Morgan fingerprint density at radius 1 is 0.857 bits per heavy atom. The van der Waals surface area contributed by atoms with Crippen molar-refractivity contribution in [2.45, 2.75) is 98.5 Å². The fraction of sp³-hybridized carbons (Fsp3) is 0.917. The molecule has 4 unspecified atom stereocenters. The Hall–Kier alpha value is -1.06. The van der Waals surface area contributed by atoms with Gasteiger partial charge >= 0.3 is 11.9 Å². The van der Waals surface area contributed by atoms with E-state index in [4.69, 9.17) is 4.74 Å². The monoisotopic (exact) mass is 394 g/mol. The number of carbonyl (C=O) groups is 2. The maximum Gasteiger partial charge on any atom is 0.310 e. The van der Waals surface area contributed by atoms with Gasteiger partial charge in [0.15, 0.2) is 0 Å². The van der Waals surface area contributed by atoms with Gasteiger partial charge in [0.05, 0.1) is 11.8 Å². The summed E-state index contributed by atoms with van der Waals surface area (Å²) >= 11 is 0. The van der Waals surface area contributed by atoms with Crippen LogP contribution >= 0.6 is 0 Å². The minimum atomic E-state index is -0.841. The lowest BCUT2D eigenvalue weighted by molar-refractivity contribution is -0.167. The first-order valence-corrected chi connectivity index (χ1v) is 11.6. The Morgan fingerprint density at radius 3 is 1.89 bits per heavy atom. The molecule has 4 nitrogen and oxygen atoms in total. The van der Waals surface area contributed by atoms with Gasteiger partial charge in [0.2, 0.25) is 0 Å². The fourth-order valence-corrected chi connectivity index (χ4v) is 5.10. The molecule has 2 rings (SSSR count). The van der Waals surface area contributed by atoms with Gasteiger partial charge in [-0.05, 0) is 74.5 Å². The van der Waals surface area contributed by atoms with E-state index in [0.717, 1.165) is 43.9 Å². The molecule has 0 amide bonds. The van der Waals surface area contributed by atoms with Crippen LogP contribution in [0.1, 0.15) is 92.4 Å². The van der Waals surface area contributed by atoms with Crippen LogP contribution < -0.4 is 0 Å². The van der Waals surface area contributed by atoms with Gasteiger partial charge < -0.3 is 9.84 Å². The highest BCUT2D eigenvalue weighted by Crippen LogP contribution is 2.39. The van der Waals surface area contributed by atoms with Crippen molar-refractivity contribution in [3.63, 3.8) is 0 Å². The maximum atomic E-state index is 13.0. The molecule has 0 bridgehead atoms. The molecule has 4 atom stereocenters. The lowest BCUT2D eigenvalue weighted by Crippen LogP contribution is -2.39. The number of ether oxygens (including phenoxy) is 1. The van der Waals surface area contributed by atoms with E-state index in [-0.39, 0.29) is 12.1 Å². The van der Waals surface area contributed by atoms with Crippen LogP contribution in [0.2, 0.25) is 0 Å². The van der Waals surface area contributed by atoms with Crippen molar-refractivity contribution in [2.75, 3.05) is 0 Å². The van der Waals surface area contributed by atoms with Crippen LogP contribution in [0.25, 0.3) is 0 Å². The molecule has 4 heteroatoms. The predicted molar refractivity (Wildman–Crippen MR) is 112 cm³/mol. The molecule has 2 aliphatic carbocycles. The topological polar surface area (TPSA) is 63.6 Å². The first kappa shape index (κ1) is 23.2. The van der Waals surface area contributed by atoms with E-state index in [2.05, 4.69) is 34.6 Å². The van der Waals surface area contributed by atoms with Crippen molar-refractivity contribution in [1.82, 2.24) is 0 Å². The second-order valence-electron chi connectivity index (χ2n) is 10.2. The van der Waals surface area contributed by atoms with E-state index < -0.39 is 17.8 Å². The highest BCUT2D eigenvalue weighted by molar-refractivity contribution is 5.81. The van der Waals surface area contributed by atoms with E-state index in [0.29, 0.717) is 30.6 Å². The van der Waals surface area contributed by atoms with E-state index in [9.17, 15) is 14.7 Å². The van der Waals surface area contributed by atoms with Crippen molar-refractivity contribution in [3.05, 3.63) is 0 Å². The zero-order valence-corrected chi connectivity index (χ0v) is 18.7. The molecule has 1 N–H and O–H groups in total. The van der Waals surface area contributed by atoms with Gasteiger partial charge in [-0.1, -0.05) is 47.5 Å². The highest BCUT2D eigenvalue weighted by atomic mass is 16.5. The summed E-state index contributed by atoms with van der Waals surface area (Å²) in [6.07, 6.45) is 8.59. The van der Waals surface area contributed by atoms with Crippen LogP contribution in [0.4, 0.5) is 0 Å². The van der Waals surface area contributed by atoms with Gasteiger partial charge in [0, 0.05) is 0 Å². The number of carboxylic acids is 1. The zero-order chi connectivity index (χ0) is 20.8. The Kier molecular flexibility index (Phi) is 8.82. The summed E-state index contributed by atoms with van der Waals surface area (Å²) < 4.78 is 6.12. The SMILES string of the molecule is CC(C)C(C)CC(OC(=O)C1CCCCC1C(=O)O)C1CCC(C(C)C)CC1. The molecular weight excluding hydrogens is 352 g/mol. The van der Waals surface area contributed by atoms with Gasteiger partial charge in [-0.2, -0.15) is 0 Å². The van der Waals surface area contributed by atoms with Crippen LogP contribution in [-0.4, -0.2) is 23.1 Å². The van der Waals surface area contributed by atoms with Crippen LogP contribution in [0, 0.1) is 41.4 Å². The Bertz CT molecular complexity index is 505. The van der Waals surface area contributed by atoms with E-state index in [1.165, 1.54) is 12.8 Å². The molecular formula is C24H42O4. The number of hydrogen-bond donors (Lipinski definition) is 1. The fourth-order valence-electron chi connectivity index (χ4n) is 5.10. The first-order valence-electron chi connectivity index (χ1n) is 11.6. The average Bonchev–Trinajstić information content (AvgIpc) is 2.67. The molecule has 2 fully saturated rings. The summed E-state index contributed by atoms with van der Waals surface area (Å²) in [6.45, 7) is 11.3. The molecule has 2 saturated carbocycles. The molecule has 0 radical (unpaired) electrons. The van der Waals surface area contributed by atoms with Crippen molar-refractivity contribution in [2.24, 2.45) is 41.4 Å². The molecule has 0 saturated heterocycles. The third kappa shape index (κ3) is 6.22. The number of rotatable bonds is 8. The van der Waals surface area contributed by atoms with Crippen molar-refractivity contribution in [1.29, 1.82) is 0 Å². The number of esters is 1. The van der Waals surface area contributed by atoms with Crippen molar-refractivity contribution in [3.8, 4) is 0 Å². The van der Waals surface area contributed by atoms with Crippen LogP contribution in [0.3, 0.4) is 0 Å². The summed E-state index contributed by atoms with van der Waals surface area (Å²) in [4.78, 5) is 24.6. The molecule has 28 heavy (non-hydrogen) atoms. The summed E-state index contributed by atoms with van der Waals surface area (Å²) in [6, 6.07) is 0. The summed E-state index contributed by atoms with van der Waals surface area (Å²) in [7, 11) is 0. The number of carbonyl (C=O) groups excluding carboxylic acids is 1. The predicted octanol–water partition coefficient (Wildman–Crippen LogP) is 5.93. The summed E-state index contributed by atoms with van der Waals surface area (Å²) in [5.41, 5.74) is 0. The second-order valence-corrected chi connectivity index (χ2v) is 10.2. The number of carboxylic acid groups (broad SMARTS) is 1. The van der Waals surface area contributed by atoms with Gasteiger partial charge in [-0.25, -0.2) is 0 Å². The van der Waals surface area contributed by atoms with Gasteiger partial charge in [0.25, 0.3) is 0 Å². The van der Waals surface area contributed by atoms with Crippen molar-refractivity contribution < 1.29 is 19.4 Å². The highest BCUT2D eigenvalue weighted by Gasteiger charge is 2.39. The van der Waals surface area contributed by atoms with Crippen LogP contribution in [0.15, 0.2) is 0 Å². The molecule has 0 aromatic carbocycles. The Morgan fingerprint density at radius 2 is 1.39 bits per heavy atom. The first-order chi connectivity index (χ1) is 13.2. The molecule has 0 aliphatic heterocycles. The largest absolute Gasteiger partial charge is 0.481 e. The number of hydrogen-bond acceptors (Lipinski definition) is 3.